The first-order valence-electron chi connectivity index (χ1n) is 8.80. The molecule has 1 atom stereocenters. The van der Waals surface area contributed by atoms with E-state index < -0.39 is 15.9 Å². The highest BCUT2D eigenvalue weighted by molar-refractivity contribution is 7.92. The molecule has 1 amide bonds. The van der Waals surface area contributed by atoms with E-state index in [0.29, 0.717) is 11.4 Å². The summed E-state index contributed by atoms with van der Waals surface area (Å²) in [5.41, 5.74) is 1.39. The number of hydrogen-bond donors (Lipinski definition) is 1. The van der Waals surface area contributed by atoms with E-state index in [1.54, 1.807) is 31.2 Å². The summed E-state index contributed by atoms with van der Waals surface area (Å²) in [7, 11) is -2.10. The molecule has 0 fully saturated rings. The van der Waals surface area contributed by atoms with Gasteiger partial charge in [-0.05, 0) is 49.7 Å². The maximum Gasteiger partial charge on any atom is 0.241 e. The van der Waals surface area contributed by atoms with Crippen molar-refractivity contribution in [2.75, 3.05) is 30.8 Å². The van der Waals surface area contributed by atoms with Crippen LogP contribution in [0.15, 0.2) is 48.5 Å². The van der Waals surface area contributed by atoms with Crippen LogP contribution in [0.2, 0.25) is 0 Å². The van der Waals surface area contributed by atoms with Crippen molar-refractivity contribution in [1.82, 2.24) is 5.32 Å². The Labute approximate surface area is 166 Å². The lowest BCUT2D eigenvalue weighted by Crippen LogP contribution is -2.44. The monoisotopic (exact) mass is 406 g/mol. The maximum absolute atomic E-state index is 12.4. The van der Waals surface area contributed by atoms with Crippen LogP contribution in [0.25, 0.3) is 0 Å². The number of rotatable bonds is 9. The smallest absolute Gasteiger partial charge is 0.241 e. The highest BCUT2D eigenvalue weighted by Gasteiger charge is 2.21. The van der Waals surface area contributed by atoms with Gasteiger partial charge in [0.15, 0.2) is 0 Å². The van der Waals surface area contributed by atoms with Gasteiger partial charge in [0, 0.05) is 0 Å². The van der Waals surface area contributed by atoms with E-state index in [4.69, 9.17) is 9.47 Å². The average molecular weight is 407 g/mol. The molecule has 0 aliphatic heterocycles. The number of anilines is 1. The second-order valence-corrected chi connectivity index (χ2v) is 8.42. The molecular formula is C20H26N2O5S. The number of ether oxygens (including phenoxy) is 2. The van der Waals surface area contributed by atoms with Gasteiger partial charge in [0.05, 0.1) is 25.1 Å². The van der Waals surface area contributed by atoms with Gasteiger partial charge in [-0.25, -0.2) is 8.42 Å². The summed E-state index contributed by atoms with van der Waals surface area (Å²) in [5, 5.41) is 2.77. The zero-order valence-electron chi connectivity index (χ0n) is 16.5. The molecule has 2 rings (SSSR count). The van der Waals surface area contributed by atoms with E-state index in [9.17, 15) is 13.2 Å². The number of amides is 1. The Balaban J connectivity index is 1.98. The van der Waals surface area contributed by atoms with E-state index in [0.717, 1.165) is 21.9 Å². The number of nitrogens with zero attached hydrogens (tertiary/aromatic N) is 1. The Hall–Kier alpha value is -2.74. The molecule has 0 heterocycles. The van der Waals surface area contributed by atoms with Gasteiger partial charge in [0.1, 0.15) is 24.7 Å². The first kappa shape index (κ1) is 21.6. The van der Waals surface area contributed by atoms with Crippen LogP contribution in [0, 0.1) is 6.92 Å². The van der Waals surface area contributed by atoms with Crippen LogP contribution in [0.3, 0.4) is 0 Å². The average Bonchev–Trinajstić information content (AvgIpc) is 2.65. The maximum atomic E-state index is 12.4. The number of carbonyl (C=O) groups excluding carboxylic acids is 1. The van der Waals surface area contributed by atoms with E-state index >= 15 is 0 Å². The zero-order chi connectivity index (χ0) is 20.7. The Kier molecular flexibility index (Phi) is 7.28. The van der Waals surface area contributed by atoms with E-state index in [2.05, 4.69) is 5.32 Å². The first-order chi connectivity index (χ1) is 13.2. The van der Waals surface area contributed by atoms with Crippen molar-refractivity contribution in [3.8, 4) is 11.5 Å². The lowest BCUT2D eigenvalue weighted by Gasteiger charge is -2.23. The molecule has 152 valence electrons. The molecule has 0 spiro atoms. The van der Waals surface area contributed by atoms with Crippen LogP contribution in [0.4, 0.5) is 5.69 Å². The minimum absolute atomic E-state index is 0.276. The van der Waals surface area contributed by atoms with Crippen LogP contribution >= 0.6 is 0 Å². The van der Waals surface area contributed by atoms with Crippen molar-refractivity contribution in [3.05, 3.63) is 54.1 Å². The lowest BCUT2D eigenvalue weighted by atomic mass is 10.2. The van der Waals surface area contributed by atoms with Crippen LogP contribution in [0.5, 0.6) is 11.5 Å². The highest BCUT2D eigenvalue weighted by atomic mass is 32.2. The molecule has 0 saturated heterocycles. The number of para-hydroxylation sites is 1. The summed E-state index contributed by atoms with van der Waals surface area (Å²) in [4.78, 5) is 12.4. The second kappa shape index (κ2) is 9.45. The lowest BCUT2D eigenvalue weighted by molar-refractivity contribution is -0.120. The predicted molar refractivity (Wildman–Crippen MR) is 109 cm³/mol. The summed E-state index contributed by atoms with van der Waals surface area (Å²) in [6, 6.07) is 13.8. The fraction of sp³-hybridized carbons (Fsp3) is 0.350. The zero-order valence-corrected chi connectivity index (χ0v) is 17.3. The minimum Gasteiger partial charge on any atom is -0.497 e. The SMILES string of the molecule is COc1ccc(N(CC(=O)N[C@@H](C)COc2ccccc2C)S(C)(=O)=O)cc1. The molecule has 0 unspecified atom stereocenters. The van der Waals surface area contributed by atoms with E-state index in [-0.39, 0.29) is 19.2 Å². The van der Waals surface area contributed by atoms with Crippen molar-refractivity contribution in [2.45, 2.75) is 19.9 Å². The standard InChI is InChI=1S/C20H26N2O5S/c1-15-7-5-6-8-19(15)27-14-16(2)21-20(23)13-22(28(4,24)25)17-9-11-18(26-3)12-10-17/h5-12,16H,13-14H2,1-4H3,(H,21,23)/t16-/m0/s1. The number of aryl methyl sites for hydroxylation is 1. The Morgan fingerprint density at radius 2 is 1.79 bits per heavy atom. The molecule has 0 aromatic heterocycles. The third-order valence-corrected chi connectivity index (χ3v) is 5.18. The van der Waals surface area contributed by atoms with Crippen LogP contribution in [-0.2, 0) is 14.8 Å². The second-order valence-electron chi connectivity index (χ2n) is 6.51. The van der Waals surface area contributed by atoms with Crippen molar-refractivity contribution >= 4 is 21.6 Å². The molecule has 7 nitrogen and oxygen atoms in total. The first-order valence-corrected chi connectivity index (χ1v) is 10.6. The van der Waals surface area contributed by atoms with Gasteiger partial charge in [-0.1, -0.05) is 18.2 Å². The van der Waals surface area contributed by atoms with Crippen molar-refractivity contribution < 1.29 is 22.7 Å². The number of methoxy groups -OCH3 is 1. The van der Waals surface area contributed by atoms with Crippen molar-refractivity contribution in [3.63, 3.8) is 0 Å². The van der Waals surface area contributed by atoms with Gasteiger partial charge in [-0.3, -0.25) is 9.10 Å². The summed E-state index contributed by atoms with van der Waals surface area (Å²) in [6.07, 6.45) is 1.06. The molecule has 0 aliphatic carbocycles. The molecular weight excluding hydrogens is 380 g/mol. The molecule has 8 heteroatoms. The number of hydrogen-bond acceptors (Lipinski definition) is 5. The number of benzene rings is 2. The van der Waals surface area contributed by atoms with Crippen LogP contribution in [-0.4, -0.2) is 46.9 Å². The van der Waals surface area contributed by atoms with E-state index in [1.165, 1.54) is 7.11 Å². The van der Waals surface area contributed by atoms with Crippen LogP contribution in [0.1, 0.15) is 12.5 Å². The third-order valence-electron chi connectivity index (χ3n) is 4.04. The molecule has 28 heavy (non-hydrogen) atoms. The number of carbonyl (C=O) groups is 1. The molecule has 0 bridgehead atoms. The topological polar surface area (TPSA) is 84.9 Å². The summed E-state index contributed by atoms with van der Waals surface area (Å²) in [5.74, 6) is 0.936. The fourth-order valence-electron chi connectivity index (χ4n) is 2.57. The normalized spacial score (nSPS) is 12.1. The Morgan fingerprint density at radius 3 is 2.36 bits per heavy atom. The molecule has 0 radical (unpaired) electrons. The Bertz CT molecular complexity index is 897. The quantitative estimate of drug-likeness (QED) is 0.691. The third kappa shape index (κ3) is 6.16. The van der Waals surface area contributed by atoms with Gasteiger partial charge in [0.25, 0.3) is 0 Å². The van der Waals surface area contributed by atoms with Gasteiger partial charge in [-0.2, -0.15) is 0 Å². The predicted octanol–water partition coefficient (Wildman–Crippen LogP) is 2.35. The number of sulfonamides is 1. The van der Waals surface area contributed by atoms with E-state index in [1.807, 2.05) is 31.2 Å². The Morgan fingerprint density at radius 1 is 1.14 bits per heavy atom. The molecule has 0 aliphatic rings. The summed E-state index contributed by atoms with van der Waals surface area (Å²) >= 11 is 0. The largest absolute Gasteiger partial charge is 0.497 e. The summed E-state index contributed by atoms with van der Waals surface area (Å²) < 4.78 is 36.1. The minimum atomic E-state index is -3.63. The van der Waals surface area contributed by atoms with Crippen molar-refractivity contribution in [1.29, 1.82) is 0 Å². The summed E-state index contributed by atoms with van der Waals surface area (Å²) in [6.45, 7) is 3.70. The van der Waals surface area contributed by atoms with Gasteiger partial charge < -0.3 is 14.8 Å². The molecule has 2 aromatic carbocycles. The fourth-order valence-corrected chi connectivity index (χ4v) is 3.43. The highest BCUT2D eigenvalue weighted by Crippen LogP contribution is 2.21. The van der Waals surface area contributed by atoms with Gasteiger partial charge in [0.2, 0.25) is 15.9 Å². The number of nitrogens with one attached hydrogen (secondary N) is 1. The van der Waals surface area contributed by atoms with Gasteiger partial charge >= 0.3 is 0 Å². The molecule has 1 N–H and O–H groups in total. The molecule has 2 aromatic rings. The van der Waals surface area contributed by atoms with Crippen LogP contribution < -0.4 is 19.1 Å². The molecule has 0 saturated carbocycles. The van der Waals surface area contributed by atoms with Gasteiger partial charge in [-0.15, -0.1) is 0 Å². The van der Waals surface area contributed by atoms with Crippen molar-refractivity contribution in [2.24, 2.45) is 0 Å².